The number of rotatable bonds is 4. The van der Waals surface area contributed by atoms with Crippen molar-refractivity contribution in [2.45, 2.75) is 25.7 Å². The second-order valence-corrected chi connectivity index (χ2v) is 6.32. The van der Waals surface area contributed by atoms with Crippen molar-refractivity contribution in [2.24, 2.45) is 5.92 Å². The van der Waals surface area contributed by atoms with Crippen molar-refractivity contribution >= 4 is 22.6 Å². The fourth-order valence-electron chi connectivity index (χ4n) is 3.53. The molecule has 0 aliphatic carbocycles. The Morgan fingerprint density at radius 1 is 1.09 bits per heavy atom. The van der Waals surface area contributed by atoms with E-state index in [1.54, 1.807) is 0 Å². The normalized spacial score (nSPS) is 16.5. The molecule has 1 saturated heterocycles. The average molecular weight is 312 g/mol. The van der Waals surface area contributed by atoms with Crippen LogP contribution < -0.4 is 4.90 Å². The van der Waals surface area contributed by atoms with Gasteiger partial charge >= 0.3 is 0 Å². The molecule has 0 spiro atoms. The minimum absolute atomic E-state index is 0.189. The van der Waals surface area contributed by atoms with Crippen molar-refractivity contribution in [3.05, 3.63) is 36.5 Å². The van der Waals surface area contributed by atoms with Crippen molar-refractivity contribution in [3.8, 4) is 0 Å². The van der Waals surface area contributed by atoms with Crippen LogP contribution in [0.3, 0.4) is 0 Å². The molecule has 3 heterocycles. The lowest BCUT2D eigenvalue weighted by atomic mass is 9.92. The van der Waals surface area contributed by atoms with Gasteiger partial charge in [-0.25, -0.2) is 4.98 Å². The Kier molecular flexibility index (Phi) is 3.85. The summed E-state index contributed by atoms with van der Waals surface area (Å²) in [6.45, 7) is 1.81. The highest BCUT2D eigenvalue weighted by Gasteiger charge is 2.20. The highest BCUT2D eigenvalue weighted by Crippen LogP contribution is 2.26. The molecule has 4 nitrogen and oxygen atoms in total. The monoisotopic (exact) mass is 312 g/mol. The van der Waals surface area contributed by atoms with Crippen molar-refractivity contribution < 1.29 is 4.39 Å². The molecule has 0 saturated carbocycles. The van der Waals surface area contributed by atoms with Crippen LogP contribution in [0.15, 0.2) is 36.5 Å². The molecule has 5 heteroatoms. The van der Waals surface area contributed by atoms with Crippen molar-refractivity contribution in [3.63, 3.8) is 0 Å². The lowest BCUT2D eigenvalue weighted by Gasteiger charge is -2.32. The van der Waals surface area contributed by atoms with Crippen LogP contribution in [-0.2, 0) is 0 Å². The van der Waals surface area contributed by atoms with E-state index in [9.17, 15) is 4.39 Å². The second-order valence-electron chi connectivity index (χ2n) is 6.32. The fourth-order valence-corrected chi connectivity index (χ4v) is 3.53. The highest BCUT2D eigenvalue weighted by molar-refractivity contribution is 5.79. The van der Waals surface area contributed by atoms with Crippen LogP contribution in [-0.4, -0.2) is 34.1 Å². The number of hydrogen-bond donors (Lipinski definition) is 0. The van der Waals surface area contributed by atoms with Gasteiger partial charge in [0.1, 0.15) is 5.82 Å². The summed E-state index contributed by atoms with van der Waals surface area (Å²) in [6.07, 6.45) is 6.03. The Labute approximate surface area is 135 Å². The van der Waals surface area contributed by atoms with Crippen LogP contribution in [0.2, 0.25) is 0 Å². The van der Waals surface area contributed by atoms with Crippen LogP contribution in [0, 0.1) is 5.92 Å². The number of halogens is 1. The number of benzene rings is 1. The fraction of sp³-hybridized carbons (Fsp3) is 0.444. The number of para-hydroxylation sites is 2. The number of aromatic nitrogens is 3. The molecule has 2 aromatic heterocycles. The van der Waals surface area contributed by atoms with Gasteiger partial charge in [0.05, 0.1) is 17.7 Å². The zero-order valence-corrected chi connectivity index (χ0v) is 13.2. The predicted molar refractivity (Wildman–Crippen MR) is 90.6 cm³/mol. The van der Waals surface area contributed by atoms with E-state index in [1.807, 2.05) is 22.6 Å². The Bertz CT molecular complexity index is 805. The standard InChI is InChI=1S/C18H21FN4/c19-10-3-4-14-7-11-22(12-8-14)17-9-13-23-16-6-2-1-5-15(16)20-18(23)21-17/h1-2,5-6,9,13-14H,3-4,7-8,10-12H2. The molecule has 1 fully saturated rings. The van der Waals surface area contributed by atoms with E-state index in [0.29, 0.717) is 12.3 Å². The van der Waals surface area contributed by atoms with E-state index >= 15 is 0 Å². The summed E-state index contributed by atoms with van der Waals surface area (Å²) in [5.41, 5.74) is 2.06. The summed E-state index contributed by atoms with van der Waals surface area (Å²) in [5.74, 6) is 2.42. The summed E-state index contributed by atoms with van der Waals surface area (Å²) in [5, 5.41) is 0. The number of alkyl halides is 1. The summed E-state index contributed by atoms with van der Waals surface area (Å²) in [4.78, 5) is 11.7. The first kappa shape index (κ1) is 14.4. The maximum absolute atomic E-state index is 12.3. The van der Waals surface area contributed by atoms with Gasteiger partial charge in [-0.3, -0.25) is 8.79 Å². The first-order valence-corrected chi connectivity index (χ1v) is 8.40. The molecule has 4 rings (SSSR count). The molecule has 1 aliphatic heterocycles. The number of anilines is 1. The Hall–Kier alpha value is -2.17. The largest absolute Gasteiger partial charge is 0.356 e. The molecule has 0 radical (unpaired) electrons. The molecular formula is C18H21FN4. The smallest absolute Gasteiger partial charge is 0.236 e. The molecule has 0 N–H and O–H groups in total. The first-order valence-electron chi connectivity index (χ1n) is 8.40. The number of fused-ring (bicyclic) bond motifs is 3. The van der Waals surface area contributed by atoms with Crippen LogP contribution in [0.5, 0.6) is 0 Å². The average Bonchev–Trinajstić information content (AvgIpc) is 2.98. The van der Waals surface area contributed by atoms with Gasteiger partial charge in [0.15, 0.2) is 0 Å². The summed E-state index contributed by atoms with van der Waals surface area (Å²) < 4.78 is 14.3. The topological polar surface area (TPSA) is 33.4 Å². The van der Waals surface area contributed by atoms with Crippen LogP contribution >= 0.6 is 0 Å². The van der Waals surface area contributed by atoms with Crippen LogP contribution in [0.25, 0.3) is 16.8 Å². The highest BCUT2D eigenvalue weighted by atomic mass is 19.1. The molecule has 0 amide bonds. The molecule has 1 aromatic carbocycles. The third kappa shape index (κ3) is 2.76. The van der Waals surface area contributed by atoms with Crippen molar-refractivity contribution in [2.75, 3.05) is 24.7 Å². The molecule has 3 aromatic rings. The molecule has 23 heavy (non-hydrogen) atoms. The van der Waals surface area contributed by atoms with Crippen molar-refractivity contribution in [1.29, 1.82) is 0 Å². The quantitative estimate of drug-likeness (QED) is 0.734. The van der Waals surface area contributed by atoms with Gasteiger partial charge in [-0.2, -0.15) is 4.98 Å². The Balaban J connectivity index is 1.54. The SMILES string of the molecule is FCCCC1CCN(c2ccn3c(n2)nc2ccccc23)CC1. The molecular weight excluding hydrogens is 291 g/mol. The minimum atomic E-state index is -0.189. The van der Waals surface area contributed by atoms with Gasteiger partial charge in [-0.15, -0.1) is 0 Å². The van der Waals surface area contributed by atoms with Crippen molar-refractivity contribution in [1.82, 2.24) is 14.4 Å². The first-order chi connectivity index (χ1) is 11.3. The van der Waals surface area contributed by atoms with Crippen LogP contribution in [0.4, 0.5) is 10.2 Å². The zero-order chi connectivity index (χ0) is 15.6. The van der Waals surface area contributed by atoms with Gasteiger partial charge in [0, 0.05) is 19.3 Å². The van der Waals surface area contributed by atoms with Gasteiger partial charge in [-0.05, 0) is 49.8 Å². The predicted octanol–water partition coefficient (Wildman–Crippen LogP) is 3.85. The summed E-state index contributed by atoms with van der Waals surface area (Å²) >= 11 is 0. The maximum atomic E-state index is 12.3. The summed E-state index contributed by atoms with van der Waals surface area (Å²) in [7, 11) is 0. The number of imidazole rings is 1. The third-order valence-electron chi connectivity index (χ3n) is 4.85. The third-order valence-corrected chi connectivity index (χ3v) is 4.85. The van der Waals surface area contributed by atoms with E-state index in [2.05, 4.69) is 28.2 Å². The van der Waals surface area contributed by atoms with Gasteiger partial charge < -0.3 is 4.90 Å². The second kappa shape index (κ2) is 6.14. The lowest BCUT2D eigenvalue weighted by Crippen LogP contribution is -2.34. The molecule has 120 valence electrons. The molecule has 1 aliphatic rings. The molecule has 0 atom stereocenters. The molecule has 0 bridgehead atoms. The molecule has 0 unspecified atom stereocenters. The van der Waals surface area contributed by atoms with Gasteiger partial charge in [0.2, 0.25) is 5.78 Å². The lowest BCUT2D eigenvalue weighted by molar-refractivity contribution is 0.346. The Morgan fingerprint density at radius 2 is 1.91 bits per heavy atom. The van der Waals surface area contributed by atoms with Gasteiger partial charge in [-0.1, -0.05) is 12.1 Å². The maximum Gasteiger partial charge on any atom is 0.236 e. The number of nitrogens with zero attached hydrogens (tertiary/aromatic N) is 4. The minimum Gasteiger partial charge on any atom is -0.356 e. The van der Waals surface area contributed by atoms with E-state index in [-0.39, 0.29) is 6.67 Å². The number of hydrogen-bond acceptors (Lipinski definition) is 3. The Morgan fingerprint density at radius 3 is 2.74 bits per heavy atom. The van der Waals surface area contributed by atoms with E-state index in [0.717, 1.165) is 55.0 Å². The van der Waals surface area contributed by atoms with E-state index in [1.165, 1.54) is 0 Å². The zero-order valence-electron chi connectivity index (χ0n) is 13.2. The van der Waals surface area contributed by atoms with E-state index < -0.39 is 0 Å². The summed E-state index contributed by atoms with van der Waals surface area (Å²) in [6, 6.07) is 10.2. The van der Waals surface area contributed by atoms with E-state index in [4.69, 9.17) is 4.98 Å². The number of piperidine rings is 1. The van der Waals surface area contributed by atoms with Gasteiger partial charge in [0.25, 0.3) is 0 Å². The van der Waals surface area contributed by atoms with Crippen LogP contribution in [0.1, 0.15) is 25.7 Å².